The van der Waals surface area contributed by atoms with E-state index in [2.05, 4.69) is 20.7 Å². The first-order chi connectivity index (χ1) is 14.4. The number of anilines is 2. The fourth-order valence-electron chi connectivity index (χ4n) is 2.65. The van der Waals surface area contributed by atoms with Crippen molar-refractivity contribution < 1.29 is 17.9 Å². The van der Waals surface area contributed by atoms with Gasteiger partial charge in [-0.05, 0) is 42.3 Å². The standard InChI is InChI=1S/C20H25N5O4S/c1-4-30(26,27)25-20(22-14-16-7-11-18(29-3)12-8-16)23-19(24-25)21-13-15-5-9-17(28-2)10-6-15/h5-12H,4,13-14H2,1-3H3,(H2,21,22,23,24). The molecule has 0 bridgehead atoms. The summed E-state index contributed by atoms with van der Waals surface area (Å²) in [4.78, 5) is 4.32. The first-order valence-corrected chi connectivity index (χ1v) is 11.0. The molecule has 160 valence electrons. The van der Waals surface area contributed by atoms with E-state index in [-0.39, 0.29) is 17.6 Å². The Morgan fingerprint density at radius 3 is 1.83 bits per heavy atom. The molecule has 1 aromatic heterocycles. The summed E-state index contributed by atoms with van der Waals surface area (Å²) in [6.45, 7) is 2.40. The van der Waals surface area contributed by atoms with Crippen LogP contribution in [0.4, 0.5) is 11.9 Å². The number of methoxy groups -OCH3 is 2. The maximum absolute atomic E-state index is 12.4. The van der Waals surface area contributed by atoms with E-state index in [1.807, 2.05) is 48.5 Å². The van der Waals surface area contributed by atoms with Gasteiger partial charge < -0.3 is 20.1 Å². The van der Waals surface area contributed by atoms with Gasteiger partial charge in [0.05, 0.1) is 20.0 Å². The maximum Gasteiger partial charge on any atom is 0.256 e. The van der Waals surface area contributed by atoms with Crippen LogP contribution in [0.5, 0.6) is 11.5 Å². The molecule has 1 heterocycles. The van der Waals surface area contributed by atoms with E-state index in [9.17, 15) is 8.42 Å². The van der Waals surface area contributed by atoms with Crippen LogP contribution in [0.1, 0.15) is 18.1 Å². The first-order valence-electron chi connectivity index (χ1n) is 9.39. The highest BCUT2D eigenvalue weighted by molar-refractivity contribution is 7.89. The molecule has 3 aromatic rings. The van der Waals surface area contributed by atoms with Crippen molar-refractivity contribution in [2.45, 2.75) is 20.0 Å². The first kappa shape index (κ1) is 21.4. The van der Waals surface area contributed by atoms with Crippen LogP contribution in [0.2, 0.25) is 0 Å². The van der Waals surface area contributed by atoms with E-state index >= 15 is 0 Å². The predicted octanol–water partition coefficient (Wildman–Crippen LogP) is 2.72. The number of hydrogen-bond donors (Lipinski definition) is 2. The van der Waals surface area contributed by atoms with Crippen molar-refractivity contribution in [2.75, 3.05) is 30.6 Å². The number of nitrogens with zero attached hydrogens (tertiary/aromatic N) is 3. The number of ether oxygens (including phenoxy) is 2. The van der Waals surface area contributed by atoms with Crippen molar-refractivity contribution in [2.24, 2.45) is 0 Å². The van der Waals surface area contributed by atoms with Gasteiger partial charge in [0, 0.05) is 13.1 Å². The normalized spacial score (nSPS) is 11.2. The minimum Gasteiger partial charge on any atom is -0.497 e. The van der Waals surface area contributed by atoms with Crippen LogP contribution >= 0.6 is 0 Å². The molecule has 0 fully saturated rings. The zero-order valence-electron chi connectivity index (χ0n) is 17.1. The number of benzene rings is 2. The number of hydrogen-bond acceptors (Lipinski definition) is 8. The molecular weight excluding hydrogens is 406 g/mol. The third-order valence-corrected chi connectivity index (χ3v) is 5.94. The van der Waals surface area contributed by atoms with Gasteiger partial charge in [0.15, 0.2) is 0 Å². The SMILES string of the molecule is CCS(=O)(=O)n1nc(NCc2ccc(OC)cc2)nc1NCc1ccc(OC)cc1. The van der Waals surface area contributed by atoms with Crippen LogP contribution in [0, 0.1) is 0 Å². The predicted molar refractivity (Wildman–Crippen MR) is 116 cm³/mol. The van der Waals surface area contributed by atoms with Crippen LogP contribution in [0.25, 0.3) is 0 Å². The Bertz CT molecular complexity index is 1060. The van der Waals surface area contributed by atoms with Crippen LogP contribution in [0.3, 0.4) is 0 Å². The zero-order chi connectivity index (χ0) is 21.6. The Morgan fingerprint density at radius 2 is 1.37 bits per heavy atom. The van der Waals surface area contributed by atoms with E-state index in [1.54, 1.807) is 21.1 Å². The van der Waals surface area contributed by atoms with E-state index < -0.39 is 10.0 Å². The summed E-state index contributed by atoms with van der Waals surface area (Å²) in [6, 6.07) is 15.0. The van der Waals surface area contributed by atoms with E-state index in [1.165, 1.54) is 0 Å². The average Bonchev–Trinajstić information content (AvgIpc) is 3.21. The molecule has 2 N–H and O–H groups in total. The van der Waals surface area contributed by atoms with Crippen molar-refractivity contribution >= 4 is 21.9 Å². The van der Waals surface area contributed by atoms with Crippen molar-refractivity contribution in [1.29, 1.82) is 0 Å². The fraction of sp³-hybridized carbons (Fsp3) is 0.300. The lowest BCUT2D eigenvalue weighted by Crippen LogP contribution is -2.19. The fourth-order valence-corrected chi connectivity index (χ4v) is 3.46. The van der Waals surface area contributed by atoms with Gasteiger partial charge >= 0.3 is 0 Å². The molecule has 2 aromatic carbocycles. The van der Waals surface area contributed by atoms with Gasteiger partial charge in [0.1, 0.15) is 11.5 Å². The van der Waals surface area contributed by atoms with Crippen LogP contribution in [-0.4, -0.2) is 42.6 Å². The van der Waals surface area contributed by atoms with Gasteiger partial charge in [-0.25, -0.2) is 8.42 Å². The van der Waals surface area contributed by atoms with Crippen LogP contribution in [-0.2, 0) is 23.1 Å². The van der Waals surface area contributed by atoms with Gasteiger partial charge in [-0.15, -0.1) is 9.19 Å². The third-order valence-electron chi connectivity index (χ3n) is 4.43. The van der Waals surface area contributed by atoms with Crippen LogP contribution < -0.4 is 20.1 Å². The summed E-state index contributed by atoms with van der Waals surface area (Å²) in [6.07, 6.45) is 0. The highest BCUT2D eigenvalue weighted by Gasteiger charge is 2.20. The Balaban J connectivity index is 1.74. The number of nitrogens with one attached hydrogen (secondary N) is 2. The molecule has 10 heteroatoms. The van der Waals surface area contributed by atoms with E-state index in [4.69, 9.17) is 9.47 Å². The minimum absolute atomic E-state index is 0.0918. The van der Waals surface area contributed by atoms with Gasteiger partial charge in [-0.3, -0.25) is 0 Å². The molecule has 0 amide bonds. The molecule has 0 atom stereocenters. The van der Waals surface area contributed by atoms with Crippen molar-refractivity contribution in [1.82, 2.24) is 14.2 Å². The molecule has 0 aliphatic carbocycles. The summed E-state index contributed by atoms with van der Waals surface area (Å²) in [7, 11) is -0.398. The summed E-state index contributed by atoms with van der Waals surface area (Å²) >= 11 is 0. The maximum atomic E-state index is 12.4. The largest absolute Gasteiger partial charge is 0.497 e. The van der Waals surface area contributed by atoms with Gasteiger partial charge in [0.25, 0.3) is 10.0 Å². The lowest BCUT2D eigenvalue weighted by atomic mass is 10.2. The smallest absolute Gasteiger partial charge is 0.256 e. The van der Waals surface area contributed by atoms with Gasteiger partial charge in [-0.2, -0.15) is 4.98 Å². The van der Waals surface area contributed by atoms with Gasteiger partial charge in [0.2, 0.25) is 11.9 Å². The average molecular weight is 432 g/mol. The summed E-state index contributed by atoms with van der Waals surface area (Å²) in [5.74, 6) is 1.80. The lowest BCUT2D eigenvalue weighted by molar-refractivity contribution is 0.414. The molecule has 0 radical (unpaired) electrons. The number of rotatable bonds is 10. The Kier molecular flexibility index (Phi) is 6.78. The molecule has 0 saturated carbocycles. The molecule has 3 rings (SSSR count). The molecular formula is C20H25N5O4S. The number of aromatic nitrogens is 3. The molecule has 0 spiro atoms. The van der Waals surface area contributed by atoms with Crippen molar-refractivity contribution in [3.63, 3.8) is 0 Å². The lowest BCUT2D eigenvalue weighted by Gasteiger charge is -2.08. The summed E-state index contributed by atoms with van der Waals surface area (Å²) < 4.78 is 36.1. The van der Waals surface area contributed by atoms with E-state index in [0.29, 0.717) is 13.1 Å². The molecule has 0 saturated heterocycles. The summed E-state index contributed by atoms with van der Waals surface area (Å²) in [5, 5.41) is 10.3. The Hall–Kier alpha value is -3.27. The van der Waals surface area contributed by atoms with Crippen molar-refractivity contribution in [3.8, 4) is 11.5 Å². The zero-order valence-corrected chi connectivity index (χ0v) is 17.9. The second-order valence-corrected chi connectivity index (χ2v) is 8.49. The molecule has 0 unspecified atom stereocenters. The van der Waals surface area contributed by atoms with Crippen LogP contribution in [0.15, 0.2) is 48.5 Å². The second-order valence-electron chi connectivity index (χ2n) is 6.41. The van der Waals surface area contributed by atoms with Gasteiger partial charge in [-0.1, -0.05) is 24.3 Å². The quantitative estimate of drug-likeness (QED) is 0.505. The topological polar surface area (TPSA) is 107 Å². The Labute approximate surface area is 176 Å². The molecule has 0 aliphatic heterocycles. The van der Waals surface area contributed by atoms with E-state index in [0.717, 1.165) is 26.7 Å². The highest BCUT2D eigenvalue weighted by Crippen LogP contribution is 2.17. The Morgan fingerprint density at radius 1 is 0.867 bits per heavy atom. The summed E-state index contributed by atoms with van der Waals surface area (Å²) in [5.41, 5.74) is 1.94. The third kappa shape index (κ3) is 5.20. The highest BCUT2D eigenvalue weighted by atomic mass is 32.2. The molecule has 0 aliphatic rings. The molecule has 9 nitrogen and oxygen atoms in total. The second kappa shape index (κ2) is 9.49. The monoisotopic (exact) mass is 431 g/mol. The molecule has 30 heavy (non-hydrogen) atoms. The minimum atomic E-state index is -3.61. The van der Waals surface area contributed by atoms with Crippen molar-refractivity contribution in [3.05, 3.63) is 59.7 Å².